The molecule has 0 fully saturated rings. The molecule has 0 amide bonds. The predicted octanol–water partition coefficient (Wildman–Crippen LogP) is 2.78. The van der Waals surface area contributed by atoms with Gasteiger partial charge >= 0.3 is 0 Å². The van der Waals surface area contributed by atoms with E-state index in [9.17, 15) is 5.11 Å². The molecule has 0 aliphatic rings. The quantitative estimate of drug-likeness (QED) is 0.818. The first-order valence-corrected chi connectivity index (χ1v) is 7.53. The number of rotatable bonds is 7. The monoisotopic (exact) mass is 334 g/mol. The van der Waals surface area contributed by atoms with Gasteiger partial charge in [0.1, 0.15) is 0 Å². The van der Waals surface area contributed by atoms with E-state index in [1.165, 1.54) is 5.56 Å². The van der Waals surface area contributed by atoms with Gasteiger partial charge in [0.25, 0.3) is 0 Å². The minimum Gasteiger partial charge on any atom is -0.396 e. The average Bonchev–Trinajstić information content (AvgIpc) is 2.49. The Hall–Kier alpha value is -1.23. The number of aliphatic hydroxyl groups excluding tert-OH is 1. The molecule has 106 valence electrons. The van der Waals surface area contributed by atoms with E-state index in [4.69, 9.17) is 0 Å². The van der Waals surface area contributed by atoms with E-state index in [1.54, 1.807) is 6.20 Å². The third-order valence-electron chi connectivity index (χ3n) is 3.16. The molecule has 0 aliphatic carbocycles. The van der Waals surface area contributed by atoms with E-state index in [2.05, 4.69) is 38.4 Å². The van der Waals surface area contributed by atoms with Crippen molar-refractivity contribution in [3.63, 3.8) is 0 Å². The van der Waals surface area contributed by atoms with Crippen LogP contribution < -0.4 is 5.32 Å². The van der Waals surface area contributed by atoms with E-state index in [-0.39, 0.29) is 12.5 Å². The lowest BCUT2D eigenvalue weighted by molar-refractivity contribution is 0.220. The zero-order valence-corrected chi connectivity index (χ0v) is 12.9. The normalized spacial score (nSPS) is 12.3. The summed E-state index contributed by atoms with van der Waals surface area (Å²) in [5, 5.41) is 12.8. The zero-order chi connectivity index (χ0) is 14.2. The van der Waals surface area contributed by atoms with E-state index in [0.717, 1.165) is 29.7 Å². The molecule has 3 nitrogen and oxygen atoms in total. The minimum absolute atomic E-state index is 0.171. The number of aromatic nitrogens is 1. The molecule has 1 unspecified atom stereocenters. The highest BCUT2D eigenvalue weighted by Gasteiger charge is 2.08. The van der Waals surface area contributed by atoms with Crippen LogP contribution in [0.3, 0.4) is 0 Å². The molecule has 2 aromatic rings. The van der Waals surface area contributed by atoms with Crippen LogP contribution >= 0.6 is 15.9 Å². The summed E-state index contributed by atoms with van der Waals surface area (Å²) in [4.78, 5) is 4.30. The largest absolute Gasteiger partial charge is 0.396 e. The minimum atomic E-state index is 0.171. The Labute approximate surface area is 128 Å². The summed E-state index contributed by atoms with van der Waals surface area (Å²) in [6.45, 7) is 1.76. The summed E-state index contributed by atoms with van der Waals surface area (Å²) >= 11 is 3.42. The lowest BCUT2D eigenvalue weighted by Gasteiger charge is -2.14. The number of benzene rings is 1. The van der Waals surface area contributed by atoms with Crippen molar-refractivity contribution in [3.8, 4) is 0 Å². The number of halogens is 1. The van der Waals surface area contributed by atoms with Crippen LogP contribution in [0.5, 0.6) is 0 Å². The first kappa shape index (κ1) is 15.2. The van der Waals surface area contributed by atoms with E-state index >= 15 is 0 Å². The molecule has 0 saturated carbocycles. The van der Waals surface area contributed by atoms with Gasteiger partial charge in [-0.1, -0.05) is 34.1 Å². The molecule has 0 spiro atoms. The second-order valence-corrected chi connectivity index (χ2v) is 5.75. The molecule has 0 aliphatic heterocycles. The molecule has 0 saturated heterocycles. The van der Waals surface area contributed by atoms with Crippen molar-refractivity contribution in [1.29, 1.82) is 0 Å². The van der Waals surface area contributed by atoms with Crippen molar-refractivity contribution in [1.82, 2.24) is 10.3 Å². The van der Waals surface area contributed by atoms with Crippen LogP contribution in [0.2, 0.25) is 0 Å². The Morgan fingerprint density at radius 2 is 1.95 bits per heavy atom. The number of nitrogens with zero attached hydrogens (tertiary/aromatic N) is 1. The molecule has 1 heterocycles. The van der Waals surface area contributed by atoms with Gasteiger partial charge in [0, 0.05) is 36.1 Å². The van der Waals surface area contributed by atoms with Crippen LogP contribution in [0.1, 0.15) is 11.3 Å². The predicted molar refractivity (Wildman–Crippen MR) is 84.4 cm³/mol. The third-order valence-corrected chi connectivity index (χ3v) is 3.69. The van der Waals surface area contributed by atoms with Crippen LogP contribution in [-0.2, 0) is 13.0 Å². The van der Waals surface area contributed by atoms with Crippen LogP contribution in [0.4, 0.5) is 0 Å². The summed E-state index contributed by atoms with van der Waals surface area (Å²) in [5.74, 6) is 0.195. The second kappa shape index (κ2) is 8.15. The molecular formula is C16H19BrN2O. The highest BCUT2D eigenvalue weighted by molar-refractivity contribution is 9.10. The van der Waals surface area contributed by atoms with Crippen molar-refractivity contribution in [3.05, 3.63) is 64.4 Å². The van der Waals surface area contributed by atoms with Crippen molar-refractivity contribution in [2.45, 2.75) is 13.0 Å². The Kier molecular flexibility index (Phi) is 6.18. The van der Waals surface area contributed by atoms with E-state index in [0.29, 0.717) is 0 Å². The van der Waals surface area contributed by atoms with Gasteiger partial charge in [-0.25, -0.2) is 0 Å². The van der Waals surface area contributed by atoms with E-state index < -0.39 is 0 Å². The highest BCUT2D eigenvalue weighted by Crippen LogP contribution is 2.10. The van der Waals surface area contributed by atoms with Crippen molar-refractivity contribution in [2.24, 2.45) is 5.92 Å². The highest BCUT2D eigenvalue weighted by atomic mass is 79.9. The molecule has 4 heteroatoms. The summed E-state index contributed by atoms with van der Waals surface area (Å²) in [6.07, 6.45) is 2.59. The Balaban J connectivity index is 1.78. The smallest absolute Gasteiger partial charge is 0.0475 e. The van der Waals surface area contributed by atoms with Gasteiger partial charge in [0.2, 0.25) is 0 Å². The van der Waals surface area contributed by atoms with Gasteiger partial charge in [0.15, 0.2) is 0 Å². The van der Waals surface area contributed by atoms with Gasteiger partial charge in [-0.2, -0.15) is 0 Å². The van der Waals surface area contributed by atoms with Crippen molar-refractivity contribution < 1.29 is 5.11 Å². The first-order valence-electron chi connectivity index (χ1n) is 6.74. The van der Waals surface area contributed by atoms with Gasteiger partial charge < -0.3 is 10.4 Å². The van der Waals surface area contributed by atoms with Crippen molar-refractivity contribution in [2.75, 3.05) is 13.2 Å². The van der Waals surface area contributed by atoms with Gasteiger partial charge in [-0.05, 0) is 42.2 Å². The topological polar surface area (TPSA) is 45.1 Å². The molecule has 1 aromatic carbocycles. The van der Waals surface area contributed by atoms with Gasteiger partial charge in [-0.3, -0.25) is 4.98 Å². The summed E-state index contributed by atoms with van der Waals surface area (Å²) < 4.78 is 1.09. The molecule has 0 radical (unpaired) electrons. The van der Waals surface area contributed by atoms with Gasteiger partial charge in [-0.15, -0.1) is 0 Å². The van der Waals surface area contributed by atoms with Crippen LogP contribution in [0.15, 0.2) is 53.1 Å². The zero-order valence-electron chi connectivity index (χ0n) is 11.3. The van der Waals surface area contributed by atoms with Crippen LogP contribution in [0, 0.1) is 5.92 Å². The lowest BCUT2D eigenvalue weighted by Crippen LogP contribution is -2.26. The summed E-state index contributed by atoms with van der Waals surface area (Å²) in [5.41, 5.74) is 2.26. The van der Waals surface area contributed by atoms with Gasteiger partial charge in [0.05, 0.1) is 0 Å². The summed E-state index contributed by atoms with van der Waals surface area (Å²) in [7, 11) is 0. The van der Waals surface area contributed by atoms with Crippen molar-refractivity contribution >= 4 is 15.9 Å². The molecule has 2 rings (SSSR count). The summed E-state index contributed by atoms with van der Waals surface area (Å²) in [6, 6.07) is 14.1. The standard InChI is InChI=1S/C16H19BrN2O/c17-15-6-4-13(5-7-15)10-18-11-14(12-20)9-16-3-1-2-8-19-16/h1-8,14,18,20H,9-12H2. The molecular weight excluding hydrogens is 316 g/mol. The molecule has 20 heavy (non-hydrogen) atoms. The lowest BCUT2D eigenvalue weighted by atomic mass is 10.0. The average molecular weight is 335 g/mol. The fourth-order valence-corrected chi connectivity index (χ4v) is 2.30. The number of aliphatic hydroxyl groups is 1. The number of nitrogens with one attached hydrogen (secondary N) is 1. The molecule has 0 bridgehead atoms. The maximum atomic E-state index is 9.45. The molecule has 2 N–H and O–H groups in total. The maximum Gasteiger partial charge on any atom is 0.0475 e. The van der Waals surface area contributed by atoms with Crippen LogP contribution in [-0.4, -0.2) is 23.2 Å². The Bertz CT molecular complexity index is 502. The molecule has 1 aromatic heterocycles. The number of pyridine rings is 1. The maximum absolute atomic E-state index is 9.45. The van der Waals surface area contributed by atoms with Crippen LogP contribution in [0.25, 0.3) is 0 Å². The third kappa shape index (κ3) is 5.04. The Morgan fingerprint density at radius 3 is 2.60 bits per heavy atom. The number of hydrogen-bond acceptors (Lipinski definition) is 3. The SMILES string of the molecule is OCC(CNCc1ccc(Br)cc1)Cc1ccccn1. The first-order chi connectivity index (χ1) is 9.78. The Morgan fingerprint density at radius 1 is 1.15 bits per heavy atom. The number of hydrogen-bond donors (Lipinski definition) is 2. The fourth-order valence-electron chi connectivity index (χ4n) is 2.04. The fraction of sp³-hybridized carbons (Fsp3) is 0.312. The second-order valence-electron chi connectivity index (χ2n) is 4.83. The van der Waals surface area contributed by atoms with E-state index in [1.807, 2.05) is 30.3 Å². The molecule has 1 atom stereocenters.